The topological polar surface area (TPSA) is 41.0 Å². The molecule has 0 radical (unpaired) electrons. The second kappa shape index (κ2) is 5.97. The van der Waals surface area contributed by atoms with Gasteiger partial charge in [0.2, 0.25) is 0 Å². The van der Waals surface area contributed by atoms with E-state index in [9.17, 15) is 0 Å². The predicted octanol–water partition coefficient (Wildman–Crippen LogP) is 2.08. The van der Waals surface area contributed by atoms with Gasteiger partial charge in [-0.2, -0.15) is 10.2 Å². The number of aromatic nitrogens is 2. The zero-order chi connectivity index (χ0) is 13.9. The highest BCUT2D eigenvalue weighted by Gasteiger charge is 2.33. The molecule has 0 spiro atoms. The van der Waals surface area contributed by atoms with Gasteiger partial charge in [-0.3, -0.25) is 4.90 Å². The zero-order valence-corrected chi connectivity index (χ0v) is 12.6. The van der Waals surface area contributed by atoms with E-state index >= 15 is 0 Å². The summed E-state index contributed by atoms with van der Waals surface area (Å²) in [4.78, 5) is 2.55. The normalized spacial score (nSPS) is 25.5. The fraction of sp³-hybridized carbons (Fsp3) is 0.733. The largest absolute Gasteiger partial charge is 0.311 e. The fourth-order valence-corrected chi connectivity index (χ4v) is 2.66. The van der Waals surface area contributed by atoms with Gasteiger partial charge in [-0.1, -0.05) is 27.7 Å². The van der Waals surface area contributed by atoms with Gasteiger partial charge in [-0.15, -0.1) is 0 Å². The van der Waals surface area contributed by atoms with E-state index in [4.69, 9.17) is 0 Å². The van der Waals surface area contributed by atoms with Crippen molar-refractivity contribution in [3.8, 4) is 0 Å². The Labute approximate surface area is 116 Å². The van der Waals surface area contributed by atoms with Gasteiger partial charge in [0.15, 0.2) is 0 Å². The molecule has 1 aliphatic heterocycles. The Morgan fingerprint density at radius 3 is 2.79 bits per heavy atom. The molecule has 2 rings (SSSR count). The summed E-state index contributed by atoms with van der Waals surface area (Å²) < 4.78 is 0. The van der Waals surface area contributed by atoms with Gasteiger partial charge in [0.05, 0.1) is 5.69 Å². The second-order valence-corrected chi connectivity index (χ2v) is 6.53. The standard InChI is InChI=1S/C15H26N4/c1-5-13-9-16-14(15(2,3)4)11-19(13)10-12-7-6-8-17-18-12/h6-8,13-14,16H,5,9-11H2,1-4H3. The van der Waals surface area contributed by atoms with E-state index in [1.165, 1.54) is 6.42 Å². The summed E-state index contributed by atoms with van der Waals surface area (Å²) in [5.74, 6) is 0. The number of nitrogens with zero attached hydrogens (tertiary/aromatic N) is 3. The van der Waals surface area contributed by atoms with Crippen molar-refractivity contribution >= 4 is 0 Å². The molecule has 1 aromatic heterocycles. The summed E-state index contributed by atoms with van der Waals surface area (Å²) in [6, 6.07) is 5.16. The van der Waals surface area contributed by atoms with Crippen LogP contribution in [0.15, 0.2) is 18.3 Å². The van der Waals surface area contributed by atoms with Crippen molar-refractivity contribution in [1.82, 2.24) is 20.4 Å². The lowest BCUT2D eigenvalue weighted by molar-refractivity contribution is 0.0763. The zero-order valence-electron chi connectivity index (χ0n) is 12.6. The predicted molar refractivity (Wildman–Crippen MR) is 77.8 cm³/mol. The third-order valence-electron chi connectivity index (χ3n) is 4.04. The second-order valence-electron chi connectivity index (χ2n) is 6.53. The lowest BCUT2D eigenvalue weighted by atomic mass is 9.84. The Morgan fingerprint density at radius 2 is 2.21 bits per heavy atom. The van der Waals surface area contributed by atoms with E-state index in [0.29, 0.717) is 17.5 Å². The van der Waals surface area contributed by atoms with Gasteiger partial charge in [0.1, 0.15) is 0 Å². The maximum Gasteiger partial charge on any atom is 0.0771 e. The van der Waals surface area contributed by atoms with Crippen LogP contribution in [0, 0.1) is 5.41 Å². The molecule has 0 bridgehead atoms. The van der Waals surface area contributed by atoms with Crippen molar-refractivity contribution in [2.45, 2.75) is 52.7 Å². The van der Waals surface area contributed by atoms with Crippen molar-refractivity contribution in [2.24, 2.45) is 5.41 Å². The molecule has 0 aliphatic carbocycles. The van der Waals surface area contributed by atoms with E-state index in [2.05, 4.69) is 54.2 Å². The maximum absolute atomic E-state index is 4.22. The van der Waals surface area contributed by atoms with Crippen LogP contribution in [0.25, 0.3) is 0 Å². The molecule has 1 aliphatic rings. The lowest BCUT2D eigenvalue weighted by Gasteiger charge is -2.44. The van der Waals surface area contributed by atoms with Crippen LogP contribution in [0.2, 0.25) is 0 Å². The van der Waals surface area contributed by atoms with Crippen LogP contribution in [0.5, 0.6) is 0 Å². The molecule has 2 atom stereocenters. The van der Waals surface area contributed by atoms with Crippen LogP contribution in [0.4, 0.5) is 0 Å². The van der Waals surface area contributed by atoms with Crippen LogP contribution < -0.4 is 5.32 Å². The summed E-state index contributed by atoms with van der Waals surface area (Å²) in [5, 5.41) is 11.9. The molecule has 1 saturated heterocycles. The van der Waals surface area contributed by atoms with Gasteiger partial charge in [-0.25, -0.2) is 0 Å². The van der Waals surface area contributed by atoms with Crippen molar-refractivity contribution in [2.75, 3.05) is 13.1 Å². The molecule has 0 saturated carbocycles. The first-order valence-corrected chi connectivity index (χ1v) is 7.24. The highest BCUT2D eigenvalue weighted by Crippen LogP contribution is 2.25. The van der Waals surface area contributed by atoms with E-state index < -0.39 is 0 Å². The van der Waals surface area contributed by atoms with Crippen molar-refractivity contribution in [1.29, 1.82) is 0 Å². The van der Waals surface area contributed by atoms with Gasteiger partial charge in [0.25, 0.3) is 0 Å². The Balaban J connectivity index is 2.06. The first kappa shape index (κ1) is 14.4. The minimum absolute atomic E-state index is 0.291. The number of nitrogens with one attached hydrogen (secondary N) is 1. The number of rotatable bonds is 3. The highest BCUT2D eigenvalue weighted by atomic mass is 15.2. The van der Waals surface area contributed by atoms with Gasteiger partial charge in [0, 0.05) is 37.9 Å². The molecule has 0 amide bonds. The average molecular weight is 262 g/mol. The first-order valence-electron chi connectivity index (χ1n) is 7.24. The minimum Gasteiger partial charge on any atom is -0.311 e. The Kier molecular flexibility index (Phi) is 4.53. The molecule has 2 unspecified atom stereocenters. The van der Waals surface area contributed by atoms with Gasteiger partial charge >= 0.3 is 0 Å². The van der Waals surface area contributed by atoms with Gasteiger partial charge < -0.3 is 5.32 Å². The summed E-state index contributed by atoms with van der Waals surface area (Å²) >= 11 is 0. The molecule has 19 heavy (non-hydrogen) atoms. The molecule has 1 N–H and O–H groups in total. The third-order valence-corrected chi connectivity index (χ3v) is 4.04. The summed E-state index contributed by atoms with van der Waals surface area (Å²) in [6.07, 6.45) is 2.90. The quantitative estimate of drug-likeness (QED) is 0.905. The first-order chi connectivity index (χ1) is 9.00. The monoisotopic (exact) mass is 262 g/mol. The maximum atomic E-state index is 4.22. The van der Waals surface area contributed by atoms with Crippen LogP contribution in [-0.2, 0) is 6.54 Å². The van der Waals surface area contributed by atoms with E-state index in [1.807, 2.05) is 6.07 Å². The van der Waals surface area contributed by atoms with Crippen LogP contribution in [0.3, 0.4) is 0 Å². The third kappa shape index (κ3) is 3.74. The molecule has 2 heterocycles. The summed E-state index contributed by atoms with van der Waals surface area (Å²) in [5.41, 5.74) is 1.36. The van der Waals surface area contributed by atoms with Crippen molar-refractivity contribution < 1.29 is 0 Å². The number of hydrogen-bond acceptors (Lipinski definition) is 4. The van der Waals surface area contributed by atoms with E-state index in [0.717, 1.165) is 25.3 Å². The number of hydrogen-bond donors (Lipinski definition) is 1. The smallest absolute Gasteiger partial charge is 0.0771 e. The van der Waals surface area contributed by atoms with Crippen molar-refractivity contribution in [3.63, 3.8) is 0 Å². The number of piperazine rings is 1. The Morgan fingerprint density at radius 1 is 1.42 bits per heavy atom. The van der Waals surface area contributed by atoms with Gasteiger partial charge in [-0.05, 0) is 24.0 Å². The molecule has 1 fully saturated rings. The minimum atomic E-state index is 0.291. The molecule has 1 aromatic rings. The molecular weight excluding hydrogens is 236 g/mol. The average Bonchev–Trinajstić information content (AvgIpc) is 2.39. The van der Waals surface area contributed by atoms with Crippen LogP contribution in [0.1, 0.15) is 39.8 Å². The molecule has 4 heteroatoms. The van der Waals surface area contributed by atoms with Crippen molar-refractivity contribution in [3.05, 3.63) is 24.0 Å². The Hall–Kier alpha value is -1.00. The molecule has 4 nitrogen and oxygen atoms in total. The lowest BCUT2D eigenvalue weighted by Crippen LogP contribution is -2.59. The summed E-state index contributed by atoms with van der Waals surface area (Å²) in [6.45, 7) is 12.2. The molecule has 0 aromatic carbocycles. The molecule has 106 valence electrons. The summed E-state index contributed by atoms with van der Waals surface area (Å²) in [7, 11) is 0. The van der Waals surface area contributed by atoms with Crippen LogP contribution in [-0.4, -0.2) is 40.3 Å². The fourth-order valence-electron chi connectivity index (χ4n) is 2.66. The highest BCUT2D eigenvalue weighted by molar-refractivity contribution is 5.01. The van der Waals surface area contributed by atoms with E-state index in [-0.39, 0.29) is 0 Å². The van der Waals surface area contributed by atoms with E-state index in [1.54, 1.807) is 6.20 Å². The Bertz CT molecular complexity index is 385. The SMILES string of the molecule is CCC1CNC(C(C)(C)C)CN1Cc1cccnn1. The molecular formula is C15H26N4. The van der Waals surface area contributed by atoms with Crippen LogP contribution >= 0.6 is 0 Å².